The molecule has 7 N–H and O–H groups in total. The first kappa shape index (κ1) is 23.1. The summed E-state index contributed by atoms with van der Waals surface area (Å²) in [5.41, 5.74) is 6.10. The first-order valence-electron chi connectivity index (χ1n) is 8.70. The Balaban J connectivity index is 2.70. The van der Waals surface area contributed by atoms with E-state index in [2.05, 4.69) is 16.0 Å². The molecule has 1 aromatic rings. The number of amides is 3. The number of hydrogen-bond donors (Lipinski definition) is 6. The van der Waals surface area contributed by atoms with Crippen LogP contribution in [0.1, 0.15) is 19.4 Å². The summed E-state index contributed by atoms with van der Waals surface area (Å²) in [7, 11) is 0. The largest absolute Gasteiger partial charge is 0.480 e. The molecule has 1 rings (SSSR count). The molecule has 10 nitrogen and oxygen atoms in total. The van der Waals surface area contributed by atoms with E-state index in [4.69, 9.17) is 5.73 Å². The van der Waals surface area contributed by atoms with Crippen molar-refractivity contribution in [3.63, 3.8) is 0 Å². The van der Waals surface area contributed by atoms with Crippen molar-refractivity contribution < 1.29 is 29.4 Å². The van der Waals surface area contributed by atoms with Gasteiger partial charge >= 0.3 is 5.97 Å². The number of rotatable bonds is 10. The zero-order chi connectivity index (χ0) is 21.3. The molecule has 1 aromatic carbocycles. The molecule has 0 aromatic heterocycles. The van der Waals surface area contributed by atoms with Gasteiger partial charge in [0.15, 0.2) is 0 Å². The average molecular weight is 394 g/mol. The monoisotopic (exact) mass is 394 g/mol. The highest BCUT2D eigenvalue weighted by Crippen LogP contribution is 2.04. The lowest BCUT2D eigenvalue weighted by Gasteiger charge is -2.22. The third-order valence-electron chi connectivity index (χ3n) is 3.88. The normalized spacial score (nSPS) is 14.9. The minimum Gasteiger partial charge on any atom is -0.480 e. The van der Waals surface area contributed by atoms with Crippen molar-refractivity contribution in [1.29, 1.82) is 0 Å². The van der Waals surface area contributed by atoms with Crippen LogP contribution in [0.3, 0.4) is 0 Å². The Morgan fingerprint density at radius 1 is 0.929 bits per heavy atom. The molecule has 3 amide bonds. The molecule has 154 valence electrons. The van der Waals surface area contributed by atoms with Crippen LogP contribution in [-0.2, 0) is 25.6 Å². The van der Waals surface area contributed by atoms with Gasteiger partial charge in [0.05, 0.1) is 12.6 Å². The molecule has 0 aliphatic rings. The lowest BCUT2D eigenvalue weighted by atomic mass is 10.1. The molecule has 0 saturated heterocycles. The third-order valence-corrected chi connectivity index (χ3v) is 3.88. The van der Waals surface area contributed by atoms with Gasteiger partial charge in [0.2, 0.25) is 17.7 Å². The minimum atomic E-state index is -1.38. The fourth-order valence-electron chi connectivity index (χ4n) is 2.22. The number of carbonyl (C=O) groups is 4. The maximum atomic E-state index is 12.3. The van der Waals surface area contributed by atoms with Crippen molar-refractivity contribution >= 4 is 23.7 Å². The number of carboxylic acids is 1. The van der Waals surface area contributed by atoms with Crippen LogP contribution in [0, 0.1) is 0 Å². The van der Waals surface area contributed by atoms with Gasteiger partial charge in [-0.15, -0.1) is 0 Å². The number of aliphatic hydroxyl groups is 1. The number of benzene rings is 1. The third kappa shape index (κ3) is 7.33. The highest BCUT2D eigenvalue weighted by Gasteiger charge is 2.28. The van der Waals surface area contributed by atoms with Crippen LogP contribution in [0.25, 0.3) is 0 Å². The summed E-state index contributed by atoms with van der Waals surface area (Å²) in [4.78, 5) is 47.4. The fourth-order valence-corrected chi connectivity index (χ4v) is 2.22. The molecule has 0 aliphatic heterocycles. The van der Waals surface area contributed by atoms with E-state index >= 15 is 0 Å². The molecule has 4 atom stereocenters. The van der Waals surface area contributed by atoms with Gasteiger partial charge in [-0.05, 0) is 19.4 Å². The Labute approximate surface area is 162 Å². The Kier molecular flexibility index (Phi) is 9.06. The number of hydrogen-bond acceptors (Lipinski definition) is 6. The molecule has 0 saturated carbocycles. The van der Waals surface area contributed by atoms with Crippen molar-refractivity contribution in [2.45, 2.75) is 44.4 Å². The second-order valence-electron chi connectivity index (χ2n) is 6.35. The van der Waals surface area contributed by atoms with Gasteiger partial charge in [-0.1, -0.05) is 30.3 Å². The predicted octanol–water partition coefficient (Wildman–Crippen LogP) is -1.87. The summed E-state index contributed by atoms with van der Waals surface area (Å²) in [5, 5.41) is 25.7. The lowest BCUT2D eigenvalue weighted by molar-refractivity contribution is -0.142. The smallest absolute Gasteiger partial charge is 0.326 e. The van der Waals surface area contributed by atoms with Crippen LogP contribution in [0.2, 0.25) is 0 Å². The number of carboxylic acid groups (broad SMARTS) is 1. The van der Waals surface area contributed by atoms with E-state index < -0.39 is 54.5 Å². The number of carbonyl (C=O) groups excluding carboxylic acids is 3. The molecule has 0 aliphatic carbocycles. The topological polar surface area (TPSA) is 171 Å². The van der Waals surface area contributed by atoms with Crippen LogP contribution < -0.4 is 21.7 Å². The highest BCUT2D eigenvalue weighted by molar-refractivity contribution is 5.93. The number of aliphatic carboxylic acids is 1. The first-order valence-corrected chi connectivity index (χ1v) is 8.70. The van der Waals surface area contributed by atoms with Gasteiger partial charge in [0.25, 0.3) is 0 Å². The van der Waals surface area contributed by atoms with Crippen LogP contribution in [-0.4, -0.2) is 64.7 Å². The molecule has 28 heavy (non-hydrogen) atoms. The van der Waals surface area contributed by atoms with Crippen molar-refractivity contribution in [3.05, 3.63) is 35.9 Å². The van der Waals surface area contributed by atoms with Crippen molar-refractivity contribution in [3.8, 4) is 0 Å². The van der Waals surface area contributed by atoms with Gasteiger partial charge in [-0.2, -0.15) is 0 Å². The minimum absolute atomic E-state index is 0.0366. The van der Waals surface area contributed by atoms with Gasteiger partial charge in [-0.3, -0.25) is 14.4 Å². The standard InChI is InChI=1S/C18H26N4O6/c1-10(19)15(24)20-11(2)16(25)22-14(9-23)17(26)21-13(18(27)28)8-12-6-4-3-5-7-12/h3-7,10-11,13-14,23H,8-9,19H2,1-2H3,(H,20,24)(H,21,26)(H,22,25)(H,27,28). The zero-order valence-corrected chi connectivity index (χ0v) is 15.7. The SMILES string of the molecule is CC(N)C(=O)NC(C)C(=O)NC(CO)C(=O)NC(Cc1ccccc1)C(=O)O. The molecular formula is C18H26N4O6. The summed E-state index contributed by atoms with van der Waals surface area (Å²) in [6.45, 7) is 2.09. The maximum Gasteiger partial charge on any atom is 0.326 e. The average Bonchev–Trinajstić information content (AvgIpc) is 2.65. The lowest BCUT2D eigenvalue weighted by Crippen LogP contribution is -2.57. The quantitative estimate of drug-likeness (QED) is 0.270. The molecule has 10 heteroatoms. The van der Waals surface area contributed by atoms with E-state index in [9.17, 15) is 29.4 Å². The Bertz CT molecular complexity index is 695. The van der Waals surface area contributed by atoms with E-state index in [1.54, 1.807) is 30.3 Å². The zero-order valence-electron chi connectivity index (χ0n) is 15.7. The van der Waals surface area contributed by atoms with E-state index in [1.807, 2.05) is 0 Å². The Morgan fingerprint density at radius 2 is 1.50 bits per heavy atom. The predicted molar refractivity (Wildman–Crippen MR) is 100.0 cm³/mol. The summed E-state index contributed by atoms with van der Waals surface area (Å²) < 4.78 is 0. The summed E-state index contributed by atoms with van der Waals surface area (Å²) in [6, 6.07) is 4.26. The first-order chi connectivity index (χ1) is 13.1. The van der Waals surface area contributed by atoms with E-state index in [0.29, 0.717) is 5.56 Å². The van der Waals surface area contributed by atoms with Crippen LogP contribution >= 0.6 is 0 Å². The van der Waals surface area contributed by atoms with Crippen LogP contribution in [0.5, 0.6) is 0 Å². The van der Waals surface area contributed by atoms with Crippen molar-refractivity contribution in [2.24, 2.45) is 5.73 Å². The van der Waals surface area contributed by atoms with Gasteiger partial charge in [0.1, 0.15) is 18.1 Å². The molecular weight excluding hydrogens is 368 g/mol. The van der Waals surface area contributed by atoms with Crippen LogP contribution in [0.4, 0.5) is 0 Å². The number of aliphatic hydroxyl groups excluding tert-OH is 1. The highest BCUT2D eigenvalue weighted by atomic mass is 16.4. The molecule has 0 bridgehead atoms. The molecule has 0 spiro atoms. The maximum absolute atomic E-state index is 12.3. The fraction of sp³-hybridized carbons (Fsp3) is 0.444. The van der Waals surface area contributed by atoms with E-state index in [0.717, 1.165) is 0 Å². The second-order valence-corrected chi connectivity index (χ2v) is 6.35. The van der Waals surface area contributed by atoms with Crippen molar-refractivity contribution in [1.82, 2.24) is 16.0 Å². The molecule has 0 heterocycles. The van der Waals surface area contributed by atoms with E-state index in [-0.39, 0.29) is 6.42 Å². The summed E-state index contributed by atoms with van der Waals surface area (Å²) >= 11 is 0. The number of nitrogens with two attached hydrogens (primary N) is 1. The van der Waals surface area contributed by atoms with Crippen molar-refractivity contribution in [2.75, 3.05) is 6.61 Å². The number of nitrogens with one attached hydrogen (secondary N) is 3. The summed E-state index contributed by atoms with van der Waals surface area (Å²) in [5.74, 6) is -3.39. The summed E-state index contributed by atoms with van der Waals surface area (Å²) in [6.07, 6.45) is 0.0366. The molecule has 0 radical (unpaired) electrons. The van der Waals surface area contributed by atoms with Gasteiger partial charge in [-0.25, -0.2) is 4.79 Å². The Morgan fingerprint density at radius 3 is 2.00 bits per heavy atom. The Hall–Kier alpha value is -2.98. The van der Waals surface area contributed by atoms with Gasteiger partial charge < -0.3 is 31.9 Å². The molecule has 4 unspecified atom stereocenters. The second kappa shape index (κ2) is 11.0. The van der Waals surface area contributed by atoms with Gasteiger partial charge in [0, 0.05) is 6.42 Å². The van der Waals surface area contributed by atoms with E-state index in [1.165, 1.54) is 13.8 Å². The van der Waals surface area contributed by atoms with Crippen LogP contribution in [0.15, 0.2) is 30.3 Å². The molecule has 0 fully saturated rings.